The lowest BCUT2D eigenvalue weighted by Gasteiger charge is -2.06. The Kier molecular flexibility index (Phi) is 4.68. The largest absolute Gasteiger partial charge is 0.469 e. The molecule has 106 valence electrons. The maximum Gasteiger partial charge on any atom is 0.305 e. The number of anilines is 2. The fourth-order valence-electron chi connectivity index (χ4n) is 1.75. The summed E-state index contributed by atoms with van der Waals surface area (Å²) < 4.78 is 4.61. The summed E-state index contributed by atoms with van der Waals surface area (Å²) in [5.41, 5.74) is 3.77. The van der Waals surface area contributed by atoms with Gasteiger partial charge >= 0.3 is 5.97 Å². The van der Waals surface area contributed by atoms with Gasteiger partial charge < -0.3 is 10.1 Å². The average molecular weight is 291 g/mol. The summed E-state index contributed by atoms with van der Waals surface area (Å²) in [5, 5.41) is 6.00. The van der Waals surface area contributed by atoms with E-state index in [2.05, 4.69) is 20.0 Å². The lowest BCUT2D eigenvalue weighted by Crippen LogP contribution is -2.02. The third-order valence-corrected chi connectivity index (χ3v) is 3.64. The monoisotopic (exact) mass is 291 g/mol. The Labute approximate surface area is 122 Å². The third kappa shape index (κ3) is 3.77. The number of carbonyl (C=O) groups is 1. The van der Waals surface area contributed by atoms with Gasteiger partial charge in [-0.1, -0.05) is 0 Å². The molecule has 2 rings (SSSR count). The van der Waals surface area contributed by atoms with Crippen molar-refractivity contribution in [3.8, 4) is 0 Å². The first-order chi connectivity index (χ1) is 9.58. The van der Waals surface area contributed by atoms with Crippen LogP contribution in [0.4, 0.5) is 10.8 Å². The quantitative estimate of drug-likeness (QED) is 0.858. The molecule has 0 saturated heterocycles. The molecule has 0 fully saturated rings. The van der Waals surface area contributed by atoms with Crippen LogP contribution in [0.2, 0.25) is 0 Å². The molecule has 0 saturated carbocycles. The van der Waals surface area contributed by atoms with Crippen LogP contribution in [0.25, 0.3) is 0 Å². The van der Waals surface area contributed by atoms with Crippen LogP contribution in [0.5, 0.6) is 0 Å². The highest BCUT2D eigenvalue weighted by atomic mass is 32.1. The molecule has 0 aliphatic carbocycles. The Balaban J connectivity index is 2.00. The van der Waals surface area contributed by atoms with Crippen molar-refractivity contribution in [1.82, 2.24) is 9.97 Å². The van der Waals surface area contributed by atoms with Crippen molar-refractivity contribution in [2.75, 3.05) is 12.4 Å². The molecule has 0 aliphatic heterocycles. The van der Waals surface area contributed by atoms with E-state index < -0.39 is 0 Å². The molecular formula is C14H17N3O2S. The van der Waals surface area contributed by atoms with Gasteiger partial charge in [-0.25, -0.2) is 4.98 Å². The molecule has 0 amide bonds. The zero-order valence-electron chi connectivity index (χ0n) is 11.8. The number of nitrogens with one attached hydrogen (secondary N) is 1. The van der Waals surface area contributed by atoms with Crippen molar-refractivity contribution in [3.63, 3.8) is 0 Å². The second kappa shape index (κ2) is 6.47. The minimum atomic E-state index is -0.217. The predicted molar refractivity (Wildman–Crippen MR) is 79.4 cm³/mol. The molecule has 0 bridgehead atoms. The van der Waals surface area contributed by atoms with Gasteiger partial charge in [-0.15, -0.1) is 11.3 Å². The zero-order valence-corrected chi connectivity index (χ0v) is 12.6. The Morgan fingerprint density at radius 3 is 2.85 bits per heavy atom. The molecule has 20 heavy (non-hydrogen) atoms. The van der Waals surface area contributed by atoms with Gasteiger partial charge in [-0.3, -0.25) is 9.78 Å². The summed E-state index contributed by atoms with van der Waals surface area (Å²) in [6.45, 7) is 3.92. The van der Waals surface area contributed by atoms with E-state index in [9.17, 15) is 4.79 Å². The van der Waals surface area contributed by atoms with Crippen LogP contribution in [0.1, 0.15) is 23.5 Å². The number of thiazole rings is 1. The summed E-state index contributed by atoms with van der Waals surface area (Å²) in [7, 11) is 1.39. The maximum atomic E-state index is 11.1. The highest BCUT2D eigenvalue weighted by Gasteiger charge is 2.07. The first-order valence-corrected chi connectivity index (χ1v) is 7.19. The van der Waals surface area contributed by atoms with Gasteiger partial charge in [0.15, 0.2) is 5.13 Å². The van der Waals surface area contributed by atoms with Crippen molar-refractivity contribution in [2.45, 2.75) is 26.7 Å². The topological polar surface area (TPSA) is 64.1 Å². The zero-order chi connectivity index (χ0) is 14.5. The molecule has 2 aromatic rings. The summed E-state index contributed by atoms with van der Waals surface area (Å²) in [6, 6.07) is 3.95. The molecule has 0 aliphatic rings. The highest BCUT2D eigenvalue weighted by Crippen LogP contribution is 2.23. The van der Waals surface area contributed by atoms with Gasteiger partial charge in [0.05, 0.1) is 30.6 Å². The number of esters is 1. The summed E-state index contributed by atoms with van der Waals surface area (Å²) >= 11 is 1.51. The number of rotatable bonds is 5. The van der Waals surface area contributed by atoms with Crippen molar-refractivity contribution in [3.05, 3.63) is 34.6 Å². The van der Waals surface area contributed by atoms with E-state index in [1.807, 2.05) is 31.4 Å². The van der Waals surface area contributed by atoms with Crippen LogP contribution in [0.15, 0.2) is 17.5 Å². The Hall–Kier alpha value is -1.95. The molecule has 0 spiro atoms. The average Bonchev–Trinajstić information content (AvgIpc) is 2.87. The van der Waals surface area contributed by atoms with Gasteiger partial charge in [0, 0.05) is 17.5 Å². The number of methoxy groups -OCH3 is 1. The van der Waals surface area contributed by atoms with E-state index in [1.54, 1.807) is 0 Å². The smallest absolute Gasteiger partial charge is 0.305 e. The molecular weight excluding hydrogens is 274 g/mol. The van der Waals surface area contributed by atoms with E-state index in [0.717, 1.165) is 27.9 Å². The number of aryl methyl sites for hydroxylation is 3. The van der Waals surface area contributed by atoms with Crippen molar-refractivity contribution < 1.29 is 9.53 Å². The number of carbonyl (C=O) groups excluding carboxylic acids is 1. The fraction of sp³-hybridized carbons (Fsp3) is 0.357. The summed E-state index contributed by atoms with van der Waals surface area (Å²) in [6.07, 6.45) is 0.945. The number of hydrogen-bond acceptors (Lipinski definition) is 6. The minimum Gasteiger partial charge on any atom is -0.469 e. The predicted octanol–water partition coefficient (Wildman–Crippen LogP) is 3.00. The van der Waals surface area contributed by atoms with Crippen LogP contribution in [-0.4, -0.2) is 23.0 Å². The Morgan fingerprint density at radius 1 is 1.35 bits per heavy atom. The number of ether oxygens (including phenoxy) is 1. The second-order valence-corrected chi connectivity index (χ2v) is 5.29. The SMILES string of the molecule is COC(=O)CCc1csc(Nc2ccc(C)nc2C)n1. The normalized spacial score (nSPS) is 10.3. The first kappa shape index (κ1) is 14.5. The fourth-order valence-corrected chi connectivity index (χ4v) is 2.50. The van der Waals surface area contributed by atoms with Crippen LogP contribution >= 0.6 is 11.3 Å². The number of hydrogen-bond donors (Lipinski definition) is 1. The Morgan fingerprint density at radius 2 is 2.15 bits per heavy atom. The van der Waals surface area contributed by atoms with Crippen LogP contribution in [0.3, 0.4) is 0 Å². The summed E-state index contributed by atoms with van der Waals surface area (Å²) in [4.78, 5) is 19.9. The molecule has 1 N–H and O–H groups in total. The van der Waals surface area contributed by atoms with E-state index >= 15 is 0 Å². The van der Waals surface area contributed by atoms with E-state index in [1.165, 1.54) is 18.4 Å². The molecule has 2 heterocycles. The third-order valence-electron chi connectivity index (χ3n) is 2.83. The molecule has 0 atom stereocenters. The Bertz CT molecular complexity index is 610. The minimum absolute atomic E-state index is 0.217. The highest BCUT2D eigenvalue weighted by molar-refractivity contribution is 7.13. The van der Waals surface area contributed by atoms with E-state index in [0.29, 0.717) is 12.8 Å². The van der Waals surface area contributed by atoms with Crippen molar-refractivity contribution in [1.29, 1.82) is 0 Å². The number of pyridine rings is 1. The van der Waals surface area contributed by atoms with E-state index in [-0.39, 0.29) is 5.97 Å². The van der Waals surface area contributed by atoms with Gasteiger partial charge in [-0.2, -0.15) is 0 Å². The second-order valence-electron chi connectivity index (χ2n) is 4.43. The number of aromatic nitrogens is 2. The van der Waals surface area contributed by atoms with Gasteiger partial charge in [-0.05, 0) is 26.0 Å². The van der Waals surface area contributed by atoms with Gasteiger partial charge in [0.2, 0.25) is 0 Å². The molecule has 0 radical (unpaired) electrons. The molecule has 0 aromatic carbocycles. The van der Waals surface area contributed by atoms with Crippen LogP contribution < -0.4 is 5.32 Å². The van der Waals surface area contributed by atoms with Gasteiger partial charge in [0.25, 0.3) is 0 Å². The van der Waals surface area contributed by atoms with Gasteiger partial charge in [0.1, 0.15) is 0 Å². The maximum absolute atomic E-state index is 11.1. The number of nitrogens with zero attached hydrogens (tertiary/aromatic N) is 2. The van der Waals surface area contributed by atoms with Crippen LogP contribution in [-0.2, 0) is 16.0 Å². The standard InChI is InChI=1S/C14H17N3O2S/c1-9-4-6-12(10(2)15-9)17-14-16-11(8-20-14)5-7-13(18)19-3/h4,6,8H,5,7H2,1-3H3,(H,16,17). The molecule has 5 nitrogen and oxygen atoms in total. The lowest BCUT2D eigenvalue weighted by atomic mass is 10.2. The summed E-state index contributed by atoms with van der Waals surface area (Å²) in [5.74, 6) is -0.217. The van der Waals surface area contributed by atoms with Crippen molar-refractivity contribution >= 4 is 28.1 Å². The molecule has 2 aromatic heterocycles. The van der Waals surface area contributed by atoms with E-state index in [4.69, 9.17) is 0 Å². The van der Waals surface area contributed by atoms with Crippen LogP contribution in [0, 0.1) is 13.8 Å². The molecule has 6 heteroatoms. The first-order valence-electron chi connectivity index (χ1n) is 6.31. The van der Waals surface area contributed by atoms with Crippen molar-refractivity contribution in [2.24, 2.45) is 0 Å². The molecule has 0 unspecified atom stereocenters. The lowest BCUT2D eigenvalue weighted by molar-refractivity contribution is -0.140.